The number of nitrogens with zero attached hydrogens (tertiary/aromatic N) is 6. The van der Waals surface area contributed by atoms with E-state index in [0.717, 1.165) is 31.1 Å². The minimum absolute atomic E-state index is 0.0347. The number of carbonyl (C=O) groups excluding carboxylic acids is 1. The molecule has 9 heteroatoms. The second-order valence-corrected chi connectivity index (χ2v) is 7.47. The summed E-state index contributed by atoms with van der Waals surface area (Å²) in [5.74, 6) is 0.941. The van der Waals surface area contributed by atoms with Crippen LogP contribution in [0.3, 0.4) is 0 Å². The van der Waals surface area contributed by atoms with Gasteiger partial charge in [-0.2, -0.15) is 9.50 Å². The molecule has 26 heavy (non-hydrogen) atoms. The lowest BCUT2D eigenvalue weighted by Crippen LogP contribution is -2.48. The van der Waals surface area contributed by atoms with E-state index in [-0.39, 0.29) is 18.0 Å². The fraction of sp³-hybridized carbons (Fsp3) is 0.412. The number of aromatic nitrogens is 4. The summed E-state index contributed by atoms with van der Waals surface area (Å²) in [6.45, 7) is 5.16. The molecule has 0 spiro atoms. The Labute approximate surface area is 154 Å². The summed E-state index contributed by atoms with van der Waals surface area (Å²) >= 11 is 1.51. The summed E-state index contributed by atoms with van der Waals surface area (Å²) in [5.41, 5.74) is 0.464. The van der Waals surface area contributed by atoms with Crippen molar-refractivity contribution >= 4 is 23.0 Å². The first kappa shape index (κ1) is 16.9. The van der Waals surface area contributed by atoms with E-state index in [4.69, 9.17) is 0 Å². The van der Waals surface area contributed by atoms with Gasteiger partial charge in [-0.05, 0) is 25.4 Å². The van der Waals surface area contributed by atoms with Crippen molar-refractivity contribution in [2.24, 2.45) is 0 Å². The number of thiophene rings is 1. The molecule has 1 aliphatic rings. The van der Waals surface area contributed by atoms with Crippen LogP contribution in [0.15, 0.2) is 28.4 Å². The second kappa shape index (κ2) is 6.65. The van der Waals surface area contributed by atoms with Gasteiger partial charge in [0, 0.05) is 37.9 Å². The third-order valence-corrected chi connectivity index (χ3v) is 5.56. The molecule has 1 amide bonds. The molecule has 0 atom stereocenters. The Hall–Kier alpha value is -2.52. The number of fused-ring (bicyclic) bond motifs is 1. The molecule has 0 unspecified atom stereocenters. The summed E-state index contributed by atoms with van der Waals surface area (Å²) in [5, 5.41) is 6.28. The first-order valence-electron chi connectivity index (χ1n) is 8.50. The smallest absolute Gasteiger partial charge is 0.275 e. The van der Waals surface area contributed by atoms with Crippen LogP contribution in [0.5, 0.6) is 0 Å². The van der Waals surface area contributed by atoms with E-state index < -0.39 is 0 Å². The van der Waals surface area contributed by atoms with Gasteiger partial charge >= 0.3 is 0 Å². The van der Waals surface area contributed by atoms with E-state index >= 15 is 0 Å². The lowest BCUT2D eigenvalue weighted by atomic mass is 10.3. The monoisotopic (exact) mass is 372 g/mol. The summed E-state index contributed by atoms with van der Waals surface area (Å²) in [4.78, 5) is 34.5. The molecule has 3 aromatic heterocycles. The van der Waals surface area contributed by atoms with Crippen molar-refractivity contribution in [2.45, 2.75) is 13.5 Å². The maximum Gasteiger partial charge on any atom is 0.275 e. The first-order valence-corrected chi connectivity index (χ1v) is 9.38. The summed E-state index contributed by atoms with van der Waals surface area (Å²) in [6, 6.07) is 5.33. The van der Waals surface area contributed by atoms with Gasteiger partial charge in [-0.15, -0.1) is 16.4 Å². The summed E-state index contributed by atoms with van der Waals surface area (Å²) in [6.07, 6.45) is 0. The van der Waals surface area contributed by atoms with E-state index in [0.29, 0.717) is 17.3 Å². The highest BCUT2D eigenvalue weighted by Gasteiger charge is 2.21. The molecule has 1 saturated heterocycles. The summed E-state index contributed by atoms with van der Waals surface area (Å²) < 4.78 is 3.05. The van der Waals surface area contributed by atoms with Crippen molar-refractivity contribution in [3.63, 3.8) is 0 Å². The number of carbonyl (C=O) groups is 1. The van der Waals surface area contributed by atoms with Crippen molar-refractivity contribution in [2.75, 3.05) is 33.2 Å². The number of hydrogen-bond acceptors (Lipinski definition) is 6. The first-order chi connectivity index (χ1) is 12.5. The Morgan fingerprint density at radius 1 is 1.27 bits per heavy atom. The molecule has 4 rings (SSSR count). The van der Waals surface area contributed by atoms with Crippen LogP contribution in [-0.4, -0.2) is 68.1 Å². The van der Waals surface area contributed by atoms with Crippen LogP contribution in [0.1, 0.15) is 5.69 Å². The molecular formula is C17H20N6O2S. The average Bonchev–Trinajstić information content (AvgIpc) is 3.28. The molecule has 1 fully saturated rings. The molecule has 4 heterocycles. The quantitative estimate of drug-likeness (QED) is 0.677. The third kappa shape index (κ3) is 3.04. The number of aryl methyl sites for hydroxylation is 1. The van der Waals surface area contributed by atoms with Gasteiger partial charge in [0.2, 0.25) is 11.7 Å². The fourth-order valence-electron chi connectivity index (χ4n) is 3.10. The van der Waals surface area contributed by atoms with Gasteiger partial charge in [0.05, 0.1) is 4.88 Å². The SMILES string of the molecule is Cc1cc(=O)n2nc(-c3cccs3)nc2n1CC(=O)N1CCN(C)CC1. The highest BCUT2D eigenvalue weighted by atomic mass is 32.1. The Balaban J connectivity index is 1.70. The van der Waals surface area contributed by atoms with Gasteiger partial charge in [-0.1, -0.05) is 6.07 Å². The van der Waals surface area contributed by atoms with Crippen LogP contribution >= 0.6 is 11.3 Å². The molecule has 136 valence electrons. The van der Waals surface area contributed by atoms with E-state index in [1.165, 1.54) is 21.9 Å². The maximum absolute atomic E-state index is 12.7. The molecule has 3 aromatic rings. The molecule has 0 aromatic carbocycles. The average molecular weight is 372 g/mol. The Kier molecular flexibility index (Phi) is 4.33. The Morgan fingerprint density at radius 2 is 2.04 bits per heavy atom. The van der Waals surface area contributed by atoms with Gasteiger partial charge in [0.25, 0.3) is 5.56 Å². The second-order valence-electron chi connectivity index (χ2n) is 6.52. The Bertz CT molecular complexity index is 998. The van der Waals surface area contributed by atoms with Crippen molar-refractivity contribution in [3.8, 4) is 10.7 Å². The number of rotatable bonds is 3. The molecule has 0 radical (unpaired) electrons. The highest BCUT2D eigenvalue weighted by Crippen LogP contribution is 2.21. The standard InChI is InChI=1S/C17H20N6O2S/c1-12-10-14(24)23-17(18-16(19-23)13-4-3-9-26-13)22(12)11-15(25)21-7-5-20(2)6-8-21/h3-4,9-10H,5-8,11H2,1-2H3. The number of likely N-dealkylation sites (N-methyl/N-ethyl adjacent to an activating group) is 1. The zero-order valence-corrected chi connectivity index (χ0v) is 15.6. The van der Waals surface area contributed by atoms with Gasteiger partial charge < -0.3 is 14.4 Å². The van der Waals surface area contributed by atoms with E-state index in [9.17, 15) is 9.59 Å². The van der Waals surface area contributed by atoms with Crippen LogP contribution in [0, 0.1) is 6.92 Å². The zero-order chi connectivity index (χ0) is 18.3. The lowest BCUT2D eigenvalue weighted by molar-refractivity contribution is -0.133. The van der Waals surface area contributed by atoms with E-state index in [2.05, 4.69) is 22.0 Å². The molecule has 1 aliphatic heterocycles. The molecule has 0 N–H and O–H groups in total. The van der Waals surface area contributed by atoms with Gasteiger partial charge in [-0.25, -0.2) is 0 Å². The van der Waals surface area contributed by atoms with Crippen LogP contribution in [0.4, 0.5) is 0 Å². The van der Waals surface area contributed by atoms with Crippen LogP contribution in [0.2, 0.25) is 0 Å². The van der Waals surface area contributed by atoms with Crippen molar-refractivity contribution in [1.29, 1.82) is 0 Å². The maximum atomic E-state index is 12.7. The predicted molar refractivity (Wildman–Crippen MR) is 99.4 cm³/mol. The number of amides is 1. The van der Waals surface area contributed by atoms with Crippen molar-refractivity contribution in [3.05, 3.63) is 39.6 Å². The van der Waals surface area contributed by atoms with E-state index in [1.54, 1.807) is 4.57 Å². The third-order valence-electron chi connectivity index (χ3n) is 4.69. The van der Waals surface area contributed by atoms with Crippen molar-refractivity contribution in [1.82, 2.24) is 29.0 Å². The predicted octanol–water partition coefficient (Wildman–Crippen LogP) is 0.702. The number of piperazine rings is 1. The summed E-state index contributed by atoms with van der Waals surface area (Å²) in [7, 11) is 2.06. The van der Waals surface area contributed by atoms with Crippen molar-refractivity contribution < 1.29 is 4.79 Å². The Morgan fingerprint density at radius 3 is 2.73 bits per heavy atom. The fourth-order valence-corrected chi connectivity index (χ4v) is 3.75. The van der Waals surface area contributed by atoms with Gasteiger partial charge in [0.1, 0.15) is 6.54 Å². The lowest BCUT2D eigenvalue weighted by Gasteiger charge is -2.32. The molecule has 8 nitrogen and oxygen atoms in total. The topological polar surface area (TPSA) is 75.7 Å². The normalized spacial score (nSPS) is 15.7. The molecular weight excluding hydrogens is 352 g/mol. The number of hydrogen-bond donors (Lipinski definition) is 0. The van der Waals surface area contributed by atoms with Gasteiger partial charge in [-0.3, -0.25) is 9.59 Å². The van der Waals surface area contributed by atoms with Crippen LogP contribution in [-0.2, 0) is 11.3 Å². The molecule has 0 bridgehead atoms. The molecule has 0 saturated carbocycles. The van der Waals surface area contributed by atoms with Crippen LogP contribution < -0.4 is 5.56 Å². The largest absolute Gasteiger partial charge is 0.339 e. The zero-order valence-electron chi connectivity index (χ0n) is 14.8. The van der Waals surface area contributed by atoms with E-state index in [1.807, 2.05) is 29.3 Å². The molecule has 0 aliphatic carbocycles. The minimum atomic E-state index is -0.240. The van der Waals surface area contributed by atoms with Crippen LogP contribution in [0.25, 0.3) is 16.5 Å². The highest BCUT2D eigenvalue weighted by molar-refractivity contribution is 7.13. The van der Waals surface area contributed by atoms with Gasteiger partial charge in [0.15, 0.2) is 5.82 Å². The minimum Gasteiger partial charge on any atom is -0.339 e.